The Kier molecular flexibility index (Phi) is 5.77. The normalized spacial score (nSPS) is 13.3. The van der Waals surface area contributed by atoms with Crippen molar-refractivity contribution in [3.05, 3.63) is 71.8 Å². The number of rotatable bonds is 7. The van der Waals surface area contributed by atoms with Gasteiger partial charge in [0.25, 0.3) is 0 Å². The van der Waals surface area contributed by atoms with Crippen LogP contribution < -0.4 is 4.74 Å². The lowest BCUT2D eigenvalue weighted by atomic mass is 10.1. The number of hydrogen-bond acceptors (Lipinski definition) is 1. The van der Waals surface area contributed by atoms with Crippen molar-refractivity contribution in [1.82, 2.24) is 0 Å². The highest BCUT2D eigenvalue weighted by atomic mass is 32.2. The topological polar surface area (TPSA) is 9.23 Å². The molecule has 2 heteroatoms. The maximum absolute atomic E-state index is 6.18. The first-order valence-electron chi connectivity index (χ1n) is 10.4. The first-order chi connectivity index (χ1) is 13.7. The van der Waals surface area contributed by atoms with Gasteiger partial charge in [-0.25, -0.2) is 0 Å². The molecule has 0 spiro atoms. The van der Waals surface area contributed by atoms with Gasteiger partial charge in [0.05, 0.1) is 6.61 Å². The van der Waals surface area contributed by atoms with Crippen LogP contribution in [0.2, 0.25) is 0 Å². The van der Waals surface area contributed by atoms with Crippen molar-refractivity contribution in [2.45, 2.75) is 61.1 Å². The van der Waals surface area contributed by atoms with E-state index < -0.39 is 10.9 Å². The summed E-state index contributed by atoms with van der Waals surface area (Å²) in [5.74, 6) is 1.08. The van der Waals surface area contributed by atoms with Gasteiger partial charge in [0.15, 0.2) is 0 Å². The number of benzene rings is 3. The highest BCUT2D eigenvalue weighted by Gasteiger charge is 2.27. The lowest BCUT2D eigenvalue weighted by Gasteiger charge is -2.22. The number of unbranched alkanes of at least 4 members (excludes halogenated alkanes) is 3. The van der Waals surface area contributed by atoms with E-state index in [9.17, 15) is 0 Å². The number of aryl methyl sites for hydroxylation is 2. The van der Waals surface area contributed by atoms with E-state index in [0.29, 0.717) is 0 Å². The summed E-state index contributed by atoms with van der Waals surface area (Å²) in [6.07, 6.45) is 4.95. The molecule has 1 heterocycles. The SMILES string of the molecule is CCCCCCOc1c(C)cc([SH]2c3ccccc3-c3ccccc32)cc1C. The van der Waals surface area contributed by atoms with E-state index in [1.807, 2.05) is 0 Å². The van der Waals surface area contributed by atoms with Crippen LogP contribution in [0.1, 0.15) is 43.7 Å². The fourth-order valence-corrected chi connectivity index (χ4v) is 6.99. The van der Waals surface area contributed by atoms with Gasteiger partial charge < -0.3 is 4.74 Å². The summed E-state index contributed by atoms with van der Waals surface area (Å²) in [7, 11) is -0.493. The molecule has 0 aromatic heterocycles. The maximum Gasteiger partial charge on any atom is 0.125 e. The zero-order chi connectivity index (χ0) is 19.5. The van der Waals surface area contributed by atoms with E-state index in [4.69, 9.17) is 4.74 Å². The molecule has 146 valence electrons. The average Bonchev–Trinajstić information content (AvgIpc) is 3.04. The van der Waals surface area contributed by atoms with Crippen LogP contribution in [-0.4, -0.2) is 6.61 Å². The quantitative estimate of drug-likeness (QED) is 0.251. The van der Waals surface area contributed by atoms with Crippen LogP contribution in [0, 0.1) is 13.8 Å². The Hall–Kier alpha value is -2.19. The molecule has 0 unspecified atom stereocenters. The van der Waals surface area contributed by atoms with Gasteiger partial charge >= 0.3 is 0 Å². The standard InChI is InChI=1S/C26H30OS/c1-4-5-6-11-16-27-26-19(2)17-21(18-20(26)3)28-24-14-9-7-12-22(24)23-13-8-10-15-25(23)28/h7-10,12-15,17-18,28H,4-6,11,16H2,1-3H3. The molecule has 0 saturated heterocycles. The average molecular weight is 391 g/mol. The van der Waals surface area contributed by atoms with E-state index in [0.717, 1.165) is 18.8 Å². The molecular weight excluding hydrogens is 360 g/mol. The Morgan fingerprint density at radius 3 is 1.89 bits per heavy atom. The summed E-state index contributed by atoms with van der Waals surface area (Å²) in [4.78, 5) is 4.39. The Morgan fingerprint density at radius 1 is 0.750 bits per heavy atom. The van der Waals surface area contributed by atoms with Gasteiger partial charge in [0.1, 0.15) is 5.75 Å². The molecule has 28 heavy (non-hydrogen) atoms. The molecule has 1 nitrogen and oxygen atoms in total. The third-order valence-corrected chi connectivity index (χ3v) is 8.05. The van der Waals surface area contributed by atoms with E-state index in [1.165, 1.54) is 56.2 Å². The summed E-state index contributed by atoms with van der Waals surface area (Å²) >= 11 is 0. The van der Waals surface area contributed by atoms with Crippen molar-refractivity contribution in [2.24, 2.45) is 0 Å². The lowest BCUT2D eigenvalue weighted by Crippen LogP contribution is -2.01. The molecule has 4 rings (SSSR count). The minimum Gasteiger partial charge on any atom is -0.493 e. The van der Waals surface area contributed by atoms with Crippen LogP contribution in [0.4, 0.5) is 0 Å². The van der Waals surface area contributed by atoms with Crippen LogP contribution in [0.5, 0.6) is 5.75 Å². The van der Waals surface area contributed by atoms with E-state index in [-0.39, 0.29) is 0 Å². The number of ether oxygens (including phenoxy) is 1. The van der Waals surface area contributed by atoms with Crippen molar-refractivity contribution in [3.8, 4) is 16.9 Å². The molecular formula is C26H30OS. The van der Waals surface area contributed by atoms with Gasteiger partial charge in [-0.2, -0.15) is 10.9 Å². The number of thiol groups is 1. The van der Waals surface area contributed by atoms with Gasteiger partial charge in [-0.1, -0.05) is 62.6 Å². The zero-order valence-electron chi connectivity index (χ0n) is 17.2. The van der Waals surface area contributed by atoms with Gasteiger partial charge in [-0.05, 0) is 71.7 Å². The predicted octanol–water partition coefficient (Wildman–Crippen LogP) is 7.72. The molecule has 0 N–H and O–H groups in total. The van der Waals surface area contributed by atoms with Crippen molar-refractivity contribution in [3.63, 3.8) is 0 Å². The zero-order valence-corrected chi connectivity index (χ0v) is 18.1. The van der Waals surface area contributed by atoms with Crippen molar-refractivity contribution < 1.29 is 4.74 Å². The van der Waals surface area contributed by atoms with E-state index in [1.54, 1.807) is 0 Å². The maximum atomic E-state index is 6.18. The second-order valence-corrected chi connectivity index (χ2v) is 9.84. The molecule has 0 atom stereocenters. The van der Waals surface area contributed by atoms with Crippen molar-refractivity contribution in [2.75, 3.05) is 6.61 Å². The Labute approximate surface area is 172 Å². The highest BCUT2D eigenvalue weighted by molar-refractivity contribution is 8.17. The molecule has 0 fully saturated rings. The van der Waals surface area contributed by atoms with Gasteiger partial charge in [0, 0.05) is 9.79 Å². The van der Waals surface area contributed by atoms with Gasteiger partial charge in [-0.15, -0.1) is 0 Å². The summed E-state index contributed by atoms with van der Waals surface area (Å²) in [6.45, 7) is 7.46. The summed E-state index contributed by atoms with van der Waals surface area (Å²) in [6, 6.07) is 22.5. The second kappa shape index (κ2) is 8.45. The molecule has 0 amide bonds. The van der Waals surface area contributed by atoms with Crippen LogP contribution in [0.25, 0.3) is 11.1 Å². The Bertz CT molecular complexity index is 907. The number of hydrogen-bond donors (Lipinski definition) is 1. The van der Waals surface area contributed by atoms with Gasteiger partial charge in [0.2, 0.25) is 0 Å². The minimum absolute atomic E-state index is 0.493. The fraction of sp³-hybridized carbons (Fsp3) is 0.308. The Balaban J connectivity index is 1.65. The molecule has 1 aliphatic rings. The minimum atomic E-state index is -0.493. The Morgan fingerprint density at radius 2 is 1.32 bits per heavy atom. The molecule has 0 aliphatic carbocycles. The summed E-state index contributed by atoms with van der Waals surface area (Å²) < 4.78 is 6.18. The second-order valence-electron chi connectivity index (χ2n) is 7.69. The molecule has 0 bridgehead atoms. The molecule has 1 aliphatic heterocycles. The summed E-state index contributed by atoms with van der Waals surface area (Å²) in [5.41, 5.74) is 5.32. The first-order valence-corrected chi connectivity index (χ1v) is 11.8. The molecule has 0 radical (unpaired) electrons. The van der Waals surface area contributed by atoms with E-state index >= 15 is 0 Å². The lowest BCUT2D eigenvalue weighted by molar-refractivity contribution is 0.301. The van der Waals surface area contributed by atoms with E-state index in [2.05, 4.69) is 81.4 Å². The van der Waals surface area contributed by atoms with Gasteiger partial charge in [-0.3, -0.25) is 0 Å². The van der Waals surface area contributed by atoms with Crippen molar-refractivity contribution >= 4 is 10.9 Å². The molecule has 3 aromatic rings. The smallest absolute Gasteiger partial charge is 0.125 e. The summed E-state index contributed by atoms with van der Waals surface area (Å²) in [5, 5.41) is 0. The third-order valence-electron chi connectivity index (χ3n) is 5.53. The first kappa shape index (κ1) is 19.1. The largest absolute Gasteiger partial charge is 0.493 e. The van der Waals surface area contributed by atoms with Crippen LogP contribution in [0.3, 0.4) is 0 Å². The fourth-order valence-electron chi connectivity index (χ4n) is 4.19. The number of fused-ring (bicyclic) bond motifs is 3. The predicted molar refractivity (Wildman–Crippen MR) is 121 cm³/mol. The van der Waals surface area contributed by atoms with Crippen LogP contribution in [-0.2, 0) is 0 Å². The monoisotopic (exact) mass is 390 g/mol. The highest BCUT2D eigenvalue weighted by Crippen LogP contribution is 2.62. The van der Waals surface area contributed by atoms with Crippen LogP contribution >= 0.6 is 10.9 Å². The molecule has 3 aromatic carbocycles. The molecule has 0 saturated carbocycles. The van der Waals surface area contributed by atoms with Crippen molar-refractivity contribution in [1.29, 1.82) is 0 Å². The third kappa shape index (κ3) is 3.58. The van der Waals surface area contributed by atoms with Crippen LogP contribution in [0.15, 0.2) is 75.4 Å².